The second-order valence-electron chi connectivity index (χ2n) is 7.55. The molecule has 0 atom stereocenters. The number of nitrogens with zero attached hydrogens (tertiary/aromatic N) is 2. The summed E-state index contributed by atoms with van der Waals surface area (Å²) in [6, 6.07) is 19.4. The molecule has 0 bridgehead atoms. The third-order valence-electron chi connectivity index (χ3n) is 5.45. The molecule has 1 aliphatic rings. The Labute approximate surface area is 199 Å². The van der Waals surface area contributed by atoms with Crippen LogP contribution >= 0.6 is 11.6 Å². The van der Waals surface area contributed by atoms with Crippen molar-refractivity contribution in [2.75, 3.05) is 19.2 Å². The lowest BCUT2D eigenvalue weighted by Gasteiger charge is -2.10. The van der Waals surface area contributed by atoms with Crippen molar-refractivity contribution in [3.05, 3.63) is 88.4 Å². The number of ether oxygens (including phenoxy) is 3. The van der Waals surface area contributed by atoms with Crippen LogP contribution in [0.15, 0.2) is 77.7 Å². The number of fused-ring (bicyclic) bond motifs is 1. The van der Waals surface area contributed by atoms with Crippen LogP contribution in [0.5, 0.6) is 17.2 Å². The second-order valence-corrected chi connectivity index (χ2v) is 7.95. The van der Waals surface area contributed by atoms with Gasteiger partial charge in [-0.3, -0.25) is 13.9 Å². The molecule has 2 heterocycles. The molecule has 5 rings (SSSR count). The number of anilines is 1. The van der Waals surface area contributed by atoms with Crippen molar-refractivity contribution in [1.82, 2.24) is 9.13 Å². The van der Waals surface area contributed by atoms with E-state index in [0.717, 1.165) is 0 Å². The van der Waals surface area contributed by atoms with Crippen LogP contribution in [0.3, 0.4) is 0 Å². The van der Waals surface area contributed by atoms with Crippen molar-refractivity contribution in [3.63, 3.8) is 0 Å². The molecule has 0 spiro atoms. The van der Waals surface area contributed by atoms with Crippen LogP contribution in [-0.2, 0) is 11.3 Å². The average molecular weight is 478 g/mol. The van der Waals surface area contributed by atoms with Gasteiger partial charge < -0.3 is 19.5 Å². The molecule has 1 N–H and O–H groups in total. The number of hydrogen-bond acceptors (Lipinski definition) is 5. The summed E-state index contributed by atoms with van der Waals surface area (Å²) < 4.78 is 19.0. The summed E-state index contributed by atoms with van der Waals surface area (Å²) in [7, 11) is 1.58. The minimum absolute atomic E-state index is 0.138. The fourth-order valence-electron chi connectivity index (χ4n) is 3.74. The number of aromatic nitrogens is 2. The van der Waals surface area contributed by atoms with Crippen molar-refractivity contribution in [2.45, 2.75) is 6.54 Å². The first kappa shape index (κ1) is 21.7. The van der Waals surface area contributed by atoms with E-state index in [1.807, 2.05) is 6.07 Å². The Morgan fingerprint density at radius 1 is 1.06 bits per heavy atom. The van der Waals surface area contributed by atoms with Crippen LogP contribution in [0.4, 0.5) is 5.69 Å². The summed E-state index contributed by atoms with van der Waals surface area (Å²) in [6.07, 6.45) is 1.70. The number of benzene rings is 3. The molecular formula is C25H20ClN3O5. The number of para-hydroxylation sites is 1. The van der Waals surface area contributed by atoms with Gasteiger partial charge in [-0.25, -0.2) is 4.79 Å². The molecule has 1 aliphatic heterocycles. The highest BCUT2D eigenvalue weighted by Gasteiger charge is 2.20. The number of imidazole rings is 1. The van der Waals surface area contributed by atoms with Gasteiger partial charge in [0.2, 0.25) is 12.7 Å². The molecule has 3 aromatic carbocycles. The molecule has 0 fully saturated rings. The van der Waals surface area contributed by atoms with Gasteiger partial charge in [-0.2, -0.15) is 0 Å². The normalized spacial score (nSPS) is 11.9. The zero-order chi connectivity index (χ0) is 23.7. The lowest BCUT2D eigenvalue weighted by Crippen LogP contribution is -2.29. The number of carbonyl (C=O) groups is 1. The summed E-state index contributed by atoms with van der Waals surface area (Å²) in [4.78, 5) is 26.3. The molecule has 34 heavy (non-hydrogen) atoms. The molecule has 0 saturated heterocycles. The van der Waals surface area contributed by atoms with Crippen molar-refractivity contribution < 1.29 is 19.0 Å². The van der Waals surface area contributed by atoms with Crippen molar-refractivity contribution in [1.29, 1.82) is 0 Å². The first-order valence-corrected chi connectivity index (χ1v) is 10.8. The van der Waals surface area contributed by atoms with Gasteiger partial charge in [-0.05, 0) is 54.6 Å². The first-order chi connectivity index (χ1) is 16.5. The molecule has 0 saturated carbocycles. The fraction of sp³-hybridized carbons (Fsp3) is 0.120. The lowest BCUT2D eigenvalue weighted by atomic mass is 10.1. The monoisotopic (exact) mass is 477 g/mol. The quantitative estimate of drug-likeness (QED) is 0.447. The van der Waals surface area contributed by atoms with Gasteiger partial charge in [0.05, 0.1) is 29.2 Å². The number of rotatable bonds is 6. The Kier molecular flexibility index (Phi) is 5.73. The predicted molar refractivity (Wildman–Crippen MR) is 128 cm³/mol. The first-order valence-electron chi connectivity index (χ1n) is 10.4. The van der Waals surface area contributed by atoms with Crippen LogP contribution in [0.1, 0.15) is 0 Å². The average Bonchev–Trinajstić information content (AvgIpc) is 3.45. The molecule has 0 aliphatic carbocycles. The van der Waals surface area contributed by atoms with E-state index in [-0.39, 0.29) is 24.9 Å². The van der Waals surface area contributed by atoms with Crippen molar-refractivity contribution in [3.8, 4) is 34.2 Å². The van der Waals surface area contributed by atoms with Crippen LogP contribution in [0.2, 0.25) is 5.02 Å². The van der Waals surface area contributed by atoms with Crippen LogP contribution < -0.4 is 25.2 Å². The topological polar surface area (TPSA) is 83.7 Å². The third kappa shape index (κ3) is 4.11. The lowest BCUT2D eigenvalue weighted by molar-refractivity contribution is -0.116. The minimum Gasteiger partial charge on any atom is -0.497 e. The Bertz CT molecular complexity index is 1430. The predicted octanol–water partition coefficient (Wildman–Crippen LogP) is 4.34. The van der Waals surface area contributed by atoms with Crippen LogP contribution in [0, 0.1) is 0 Å². The molecule has 1 amide bonds. The van der Waals surface area contributed by atoms with E-state index >= 15 is 0 Å². The Hall–Kier alpha value is -4.17. The SMILES string of the molecule is COc1ccc(-n2cc(-c3ccc4c(c3)OCO4)n(CC(=O)Nc3ccccc3Cl)c2=O)cc1. The Morgan fingerprint density at radius 2 is 1.82 bits per heavy atom. The molecule has 172 valence electrons. The number of halogens is 1. The van der Waals surface area contributed by atoms with Gasteiger partial charge in [0.25, 0.3) is 0 Å². The van der Waals surface area contributed by atoms with E-state index in [0.29, 0.717) is 44.9 Å². The standard InChI is InChI=1S/C25H20ClN3O5/c1-32-18-9-7-17(8-10-18)28-13-21(16-6-11-22-23(12-16)34-15-33-22)29(25(28)31)14-24(30)27-20-5-3-2-4-19(20)26/h2-13H,14-15H2,1H3,(H,27,30). The number of amides is 1. The van der Waals surface area contributed by atoms with Gasteiger partial charge in [0.1, 0.15) is 12.3 Å². The third-order valence-corrected chi connectivity index (χ3v) is 5.78. The number of methoxy groups -OCH3 is 1. The largest absolute Gasteiger partial charge is 0.497 e. The maximum absolute atomic E-state index is 13.4. The smallest absolute Gasteiger partial charge is 0.333 e. The summed E-state index contributed by atoms with van der Waals surface area (Å²) in [5, 5.41) is 3.18. The van der Waals surface area contributed by atoms with E-state index in [2.05, 4.69) is 5.32 Å². The molecular weight excluding hydrogens is 458 g/mol. The number of carbonyl (C=O) groups excluding carboxylic acids is 1. The van der Waals surface area contributed by atoms with Crippen LogP contribution in [0.25, 0.3) is 16.9 Å². The van der Waals surface area contributed by atoms with E-state index in [1.54, 1.807) is 74.0 Å². The van der Waals surface area contributed by atoms with Crippen molar-refractivity contribution >= 4 is 23.2 Å². The maximum Gasteiger partial charge on any atom is 0.333 e. The highest BCUT2D eigenvalue weighted by Crippen LogP contribution is 2.36. The van der Waals surface area contributed by atoms with E-state index in [4.69, 9.17) is 25.8 Å². The van der Waals surface area contributed by atoms with Crippen LogP contribution in [-0.4, -0.2) is 28.9 Å². The summed E-state index contributed by atoms with van der Waals surface area (Å²) >= 11 is 6.17. The molecule has 9 heteroatoms. The summed E-state index contributed by atoms with van der Waals surface area (Å²) in [6.45, 7) is -0.0737. The molecule has 8 nitrogen and oxygen atoms in total. The van der Waals surface area contributed by atoms with Gasteiger partial charge in [-0.1, -0.05) is 23.7 Å². The van der Waals surface area contributed by atoms with E-state index in [9.17, 15) is 9.59 Å². The highest BCUT2D eigenvalue weighted by atomic mass is 35.5. The highest BCUT2D eigenvalue weighted by molar-refractivity contribution is 6.33. The number of nitrogens with one attached hydrogen (secondary N) is 1. The molecule has 4 aromatic rings. The molecule has 0 unspecified atom stereocenters. The minimum atomic E-state index is -0.385. The zero-order valence-corrected chi connectivity index (χ0v) is 18.9. The maximum atomic E-state index is 13.4. The second kappa shape index (κ2) is 8.99. The van der Waals surface area contributed by atoms with E-state index < -0.39 is 0 Å². The van der Waals surface area contributed by atoms with Crippen molar-refractivity contribution in [2.24, 2.45) is 0 Å². The van der Waals surface area contributed by atoms with Gasteiger partial charge in [0.15, 0.2) is 11.5 Å². The van der Waals surface area contributed by atoms with Gasteiger partial charge >= 0.3 is 5.69 Å². The Balaban J connectivity index is 1.55. The van der Waals surface area contributed by atoms with Gasteiger partial charge in [-0.15, -0.1) is 0 Å². The molecule has 1 aromatic heterocycles. The van der Waals surface area contributed by atoms with E-state index in [1.165, 1.54) is 9.13 Å². The zero-order valence-electron chi connectivity index (χ0n) is 18.2. The fourth-order valence-corrected chi connectivity index (χ4v) is 3.93. The number of hydrogen-bond donors (Lipinski definition) is 1. The Morgan fingerprint density at radius 3 is 2.59 bits per heavy atom. The molecule has 0 radical (unpaired) electrons. The summed E-state index contributed by atoms with van der Waals surface area (Å²) in [5.74, 6) is 1.49. The van der Waals surface area contributed by atoms with Gasteiger partial charge in [0, 0.05) is 11.8 Å². The summed E-state index contributed by atoms with van der Waals surface area (Å²) in [5.41, 5.74) is 2.00.